The first-order valence-electron chi connectivity index (χ1n) is 5.23. The largest absolute Gasteiger partial charge is 0.481 e. The molecule has 0 radical (unpaired) electrons. The number of thiophene rings is 1. The van der Waals surface area contributed by atoms with E-state index in [-0.39, 0.29) is 16.3 Å². The zero-order chi connectivity index (χ0) is 14.0. The molecule has 0 atom stereocenters. The maximum Gasteiger partial charge on any atom is 0.338 e. The van der Waals surface area contributed by atoms with Crippen LogP contribution in [0.25, 0.3) is 0 Å². The van der Waals surface area contributed by atoms with Crippen LogP contribution in [-0.2, 0) is 7.05 Å². The number of hydrogen-bond donors (Lipinski definition) is 2. The molecule has 0 aromatic carbocycles. The Balaban J connectivity index is 2.20. The topological polar surface area (TPSA) is 93.4 Å². The molecule has 100 valence electrons. The van der Waals surface area contributed by atoms with Gasteiger partial charge < -0.3 is 15.2 Å². The molecule has 8 heteroatoms. The molecule has 0 unspecified atom stereocenters. The number of rotatable bonds is 4. The Kier molecular flexibility index (Phi) is 3.52. The summed E-state index contributed by atoms with van der Waals surface area (Å²) in [4.78, 5) is 22.9. The molecule has 0 spiro atoms. The van der Waals surface area contributed by atoms with Gasteiger partial charge in [-0.15, -0.1) is 11.3 Å². The predicted octanol–water partition coefficient (Wildman–Crippen LogP) is 1.44. The van der Waals surface area contributed by atoms with Crippen LogP contribution in [0, 0.1) is 0 Å². The summed E-state index contributed by atoms with van der Waals surface area (Å²) in [6.45, 7) is 0. The third-order valence-corrected chi connectivity index (χ3v) is 3.23. The van der Waals surface area contributed by atoms with Crippen LogP contribution in [-0.4, -0.2) is 33.9 Å². The molecule has 2 heterocycles. The van der Waals surface area contributed by atoms with Gasteiger partial charge in [0.25, 0.3) is 5.91 Å². The summed E-state index contributed by atoms with van der Waals surface area (Å²) in [5.41, 5.74) is 0.213. The summed E-state index contributed by atoms with van der Waals surface area (Å²) in [5, 5.41) is 17.3. The third kappa shape index (κ3) is 2.58. The van der Waals surface area contributed by atoms with E-state index in [4.69, 9.17) is 9.84 Å². The van der Waals surface area contributed by atoms with E-state index < -0.39 is 11.9 Å². The van der Waals surface area contributed by atoms with Crippen LogP contribution in [0.15, 0.2) is 17.5 Å². The van der Waals surface area contributed by atoms with Crippen molar-refractivity contribution in [1.29, 1.82) is 0 Å². The highest BCUT2D eigenvalue weighted by molar-refractivity contribution is 7.14. The lowest BCUT2D eigenvalue weighted by Crippen LogP contribution is -2.14. The minimum atomic E-state index is -1.09. The minimum absolute atomic E-state index is 0.0567. The highest BCUT2D eigenvalue weighted by Crippen LogP contribution is 2.24. The van der Waals surface area contributed by atoms with Crippen molar-refractivity contribution in [3.05, 3.63) is 28.8 Å². The lowest BCUT2D eigenvalue weighted by Gasteiger charge is -2.01. The van der Waals surface area contributed by atoms with Crippen molar-refractivity contribution in [2.45, 2.75) is 0 Å². The summed E-state index contributed by atoms with van der Waals surface area (Å²) < 4.78 is 6.42. The van der Waals surface area contributed by atoms with Gasteiger partial charge in [-0.3, -0.25) is 4.79 Å². The average molecular weight is 281 g/mol. The Bertz CT molecular complexity index is 632. The van der Waals surface area contributed by atoms with E-state index in [1.165, 1.54) is 23.9 Å². The first-order chi connectivity index (χ1) is 9.02. The van der Waals surface area contributed by atoms with Crippen LogP contribution in [0.2, 0.25) is 0 Å². The van der Waals surface area contributed by atoms with Crippen molar-refractivity contribution in [2.24, 2.45) is 7.05 Å². The molecule has 2 aromatic heterocycles. The van der Waals surface area contributed by atoms with Crippen LogP contribution < -0.4 is 10.1 Å². The van der Waals surface area contributed by atoms with Gasteiger partial charge in [-0.05, 0) is 11.4 Å². The number of carbonyl (C=O) groups excluding carboxylic acids is 1. The Morgan fingerprint density at radius 1 is 1.53 bits per heavy atom. The smallest absolute Gasteiger partial charge is 0.338 e. The van der Waals surface area contributed by atoms with E-state index in [0.29, 0.717) is 5.88 Å². The highest BCUT2D eigenvalue weighted by atomic mass is 32.1. The van der Waals surface area contributed by atoms with Gasteiger partial charge >= 0.3 is 5.97 Å². The molecular formula is C11H11N3O4S. The number of aryl methyl sites for hydroxylation is 1. The van der Waals surface area contributed by atoms with E-state index in [1.807, 2.05) is 0 Å². The molecule has 0 fully saturated rings. The molecule has 2 rings (SSSR count). The SMILES string of the molecule is COc1cc(C(=O)Nc2sccc2C(=O)O)nn1C. The number of anilines is 1. The van der Waals surface area contributed by atoms with E-state index in [0.717, 1.165) is 11.3 Å². The zero-order valence-electron chi connectivity index (χ0n) is 10.2. The number of ether oxygens (including phenoxy) is 1. The average Bonchev–Trinajstić information content (AvgIpc) is 2.95. The number of nitrogens with one attached hydrogen (secondary N) is 1. The van der Waals surface area contributed by atoms with Gasteiger partial charge in [0.15, 0.2) is 5.69 Å². The molecule has 1 amide bonds. The second kappa shape index (κ2) is 5.11. The molecule has 0 aliphatic carbocycles. The van der Waals surface area contributed by atoms with Gasteiger partial charge in [-0.2, -0.15) is 5.10 Å². The number of amides is 1. The normalized spacial score (nSPS) is 10.2. The van der Waals surface area contributed by atoms with Crippen molar-refractivity contribution < 1.29 is 19.4 Å². The molecule has 19 heavy (non-hydrogen) atoms. The van der Waals surface area contributed by atoms with Gasteiger partial charge in [0.2, 0.25) is 5.88 Å². The summed E-state index contributed by atoms with van der Waals surface area (Å²) >= 11 is 1.14. The molecule has 7 nitrogen and oxygen atoms in total. The molecule has 0 saturated heterocycles. The number of aromatic nitrogens is 2. The van der Waals surface area contributed by atoms with E-state index >= 15 is 0 Å². The van der Waals surface area contributed by atoms with Crippen LogP contribution in [0.3, 0.4) is 0 Å². The van der Waals surface area contributed by atoms with Crippen molar-refractivity contribution in [3.63, 3.8) is 0 Å². The maximum absolute atomic E-state index is 11.9. The van der Waals surface area contributed by atoms with Gasteiger partial charge in [-0.1, -0.05) is 0 Å². The second-order valence-corrected chi connectivity index (χ2v) is 4.53. The predicted molar refractivity (Wildman–Crippen MR) is 69.0 cm³/mol. The van der Waals surface area contributed by atoms with Gasteiger partial charge in [0, 0.05) is 13.1 Å². The number of nitrogens with zero attached hydrogens (tertiary/aromatic N) is 2. The fourth-order valence-corrected chi connectivity index (χ4v) is 2.27. The number of hydrogen-bond acceptors (Lipinski definition) is 5. The second-order valence-electron chi connectivity index (χ2n) is 3.62. The fraction of sp³-hybridized carbons (Fsp3) is 0.182. The molecule has 0 aliphatic rings. The molecule has 0 bridgehead atoms. The summed E-state index contributed by atoms with van der Waals surface area (Å²) in [7, 11) is 3.12. The minimum Gasteiger partial charge on any atom is -0.481 e. The number of carbonyl (C=O) groups is 2. The van der Waals surface area contributed by atoms with Gasteiger partial charge in [-0.25, -0.2) is 9.48 Å². The van der Waals surface area contributed by atoms with Crippen LogP contribution in [0.4, 0.5) is 5.00 Å². The Labute approximate surface area is 112 Å². The van der Waals surface area contributed by atoms with Gasteiger partial charge in [0.05, 0.1) is 12.7 Å². The third-order valence-electron chi connectivity index (χ3n) is 2.40. The van der Waals surface area contributed by atoms with Crippen molar-refractivity contribution in [1.82, 2.24) is 9.78 Å². The molecule has 0 aliphatic heterocycles. The maximum atomic E-state index is 11.9. The number of carboxylic acid groups (broad SMARTS) is 1. The van der Waals surface area contributed by atoms with E-state index in [1.54, 1.807) is 12.4 Å². The summed E-state index contributed by atoms with van der Waals surface area (Å²) in [5.74, 6) is -1.13. The van der Waals surface area contributed by atoms with Crippen molar-refractivity contribution in [3.8, 4) is 5.88 Å². The molecule has 2 N–H and O–H groups in total. The standard InChI is InChI=1S/C11H11N3O4S/c1-14-8(18-2)5-7(13-14)9(15)12-10-6(11(16)17)3-4-19-10/h3-5H,1-2H3,(H,12,15)(H,16,17). The van der Waals surface area contributed by atoms with E-state index in [2.05, 4.69) is 10.4 Å². The summed E-state index contributed by atoms with van der Waals surface area (Å²) in [6, 6.07) is 2.91. The Morgan fingerprint density at radius 3 is 2.84 bits per heavy atom. The Hall–Kier alpha value is -2.35. The number of aromatic carboxylic acids is 1. The quantitative estimate of drug-likeness (QED) is 0.884. The molecule has 0 saturated carbocycles. The van der Waals surface area contributed by atoms with Crippen molar-refractivity contribution >= 4 is 28.2 Å². The van der Waals surface area contributed by atoms with Gasteiger partial charge in [0.1, 0.15) is 5.00 Å². The lowest BCUT2D eigenvalue weighted by molar-refractivity contribution is 0.0698. The molecular weight excluding hydrogens is 270 g/mol. The van der Waals surface area contributed by atoms with Crippen molar-refractivity contribution in [2.75, 3.05) is 12.4 Å². The van der Waals surface area contributed by atoms with E-state index in [9.17, 15) is 9.59 Å². The van der Waals surface area contributed by atoms with Crippen LogP contribution >= 0.6 is 11.3 Å². The monoisotopic (exact) mass is 281 g/mol. The highest BCUT2D eigenvalue weighted by Gasteiger charge is 2.17. The first-order valence-corrected chi connectivity index (χ1v) is 6.11. The number of carboxylic acids is 1. The first kappa shape index (κ1) is 13.1. The lowest BCUT2D eigenvalue weighted by atomic mass is 10.3. The zero-order valence-corrected chi connectivity index (χ0v) is 11.0. The fourth-order valence-electron chi connectivity index (χ4n) is 1.49. The van der Waals surface area contributed by atoms with Crippen LogP contribution in [0.5, 0.6) is 5.88 Å². The molecule has 2 aromatic rings. The number of methoxy groups -OCH3 is 1. The summed E-state index contributed by atoms with van der Waals surface area (Å²) in [6.07, 6.45) is 0. The van der Waals surface area contributed by atoms with Crippen LogP contribution in [0.1, 0.15) is 20.8 Å². The Morgan fingerprint density at radius 2 is 2.26 bits per heavy atom.